The summed E-state index contributed by atoms with van der Waals surface area (Å²) in [5, 5.41) is 0. The van der Waals surface area contributed by atoms with Gasteiger partial charge in [0.15, 0.2) is 0 Å². The van der Waals surface area contributed by atoms with Gasteiger partial charge in [-0.3, -0.25) is 0 Å². The van der Waals surface area contributed by atoms with E-state index >= 15 is 0 Å². The Balaban J connectivity index is 0.000000249. The summed E-state index contributed by atoms with van der Waals surface area (Å²) in [5.74, 6) is 0. The molecule has 0 fully saturated rings. The van der Waals surface area contributed by atoms with Crippen molar-refractivity contribution in [2.75, 3.05) is 0 Å². The molecule has 80 valence electrons. The summed E-state index contributed by atoms with van der Waals surface area (Å²) in [4.78, 5) is 10.7. The van der Waals surface area contributed by atoms with E-state index in [4.69, 9.17) is 0 Å². The first-order chi connectivity index (χ1) is 6.25. The lowest BCUT2D eigenvalue weighted by Gasteiger charge is -2.08. The van der Waals surface area contributed by atoms with Crippen molar-refractivity contribution in [2.45, 2.75) is 12.4 Å². The lowest BCUT2D eigenvalue weighted by molar-refractivity contribution is -0.339. The third kappa shape index (κ3) is 5.27. The zero-order valence-electron chi connectivity index (χ0n) is 6.34. The van der Waals surface area contributed by atoms with Gasteiger partial charge in [-0.1, -0.05) is 0 Å². The fourth-order valence-electron chi connectivity index (χ4n) is 0.205. The van der Waals surface area contributed by atoms with Crippen molar-refractivity contribution in [3.05, 3.63) is 19.0 Å². The van der Waals surface area contributed by atoms with Crippen molar-refractivity contribution in [1.82, 2.24) is 15.0 Å². The Kier molecular flexibility index (Phi) is 4.25. The van der Waals surface area contributed by atoms with Gasteiger partial charge < -0.3 is 0 Å². The zero-order chi connectivity index (χ0) is 11.2. The monoisotopic (exact) mass is 219 g/mol. The third-order valence-electron chi connectivity index (χ3n) is 0.721. The molecule has 0 aliphatic heterocycles. The summed E-state index contributed by atoms with van der Waals surface area (Å²) >= 11 is 0. The lowest BCUT2D eigenvalue weighted by Crippen LogP contribution is -2.30. The fourth-order valence-corrected chi connectivity index (χ4v) is 0.205. The van der Waals surface area contributed by atoms with Crippen LogP contribution in [0.3, 0.4) is 0 Å². The number of hydrogen-bond acceptors (Lipinski definition) is 3. The molecule has 0 amide bonds. The molecular weight excluding hydrogens is 216 g/mol. The third-order valence-corrected chi connectivity index (χ3v) is 0.721. The molecule has 0 aliphatic rings. The summed E-state index contributed by atoms with van der Waals surface area (Å²) in [7, 11) is 0. The second-order valence-corrected chi connectivity index (χ2v) is 1.79. The summed E-state index contributed by atoms with van der Waals surface area (Å²) in [6, 6.07) is 0. The van der Waals surface area contributed by atoms with E-state index in [9.17, 15) is 26.3 Å². The van der Waals surface area contributed by atoms with E-state index in [2.05, 4.69) is 15.0 Å². The molecule has 1 rings (SSSR count). The Morgan fingerprint density at radius 3 is 0.857 bits per heavy atom. The van der Waals surface area contributed by atoms with Crippen LogP contribution in [-0.2, 0) is 0 Å². The summed E-state index contributed by atoms with van der Waals surface area (Å²) < 4.78 is 62.6. The Morgan fingerprint density at radius 2 is 0.786 bits per heavy atom. The summed E-state index contributed by atoms with van der Waals surface area (Å²) in [5.41, 5.74) is 0. The van der Waals surface area contributed by atoms with E-state index in [-0.39, 0.29) is 0 Å². The maximum absolute atomic E-state index is 10.4. The molecule has 1 heterocycles. The van der Waals surface area contributed by atoms with Crippen molar-refractivity contribution >= 4 is 0 Å². The molecule has 1 aromatic rings. The minimum atomic E-state index is -6.06. The smallest absolute Gasteiger partial charge is 0.225 e. The predicted octanol–water partition coefficient (Wildman–Crippen LogP) is 1.98. The van der Waals surface area contributed by atoms with Crippen molar-refractivity contribution in [3.63, 3.8) is 0 Å². The average molecular weight is 219 g/mol. The van der Waals surface area contributed by atoms with Crippen LogP contribution in [0.15, 0.2) is 19.0 Å². The fraction of sp³-hybridized carbons (Fsp3) is 0.400. The molecule has 0 bridgehead atoms. The Labute approximate surface area is 73.8 Å². The molecule has 0 radical (unpaired) electrons. The summed E-state index contributed by atoms with van der Waals surface area (Å²) in [6.45, 7) is 0. The van der Waals surface area contributed by atoms with Gasteiger partial charge in [0.1, 0.15) is 19.0 Å². The van der Waals surface area contributed by atoms with E-state index in [0.717, 1.165) is 0 Å². The van der Waals surface area contributed by atoms with E-state index in [0.29, 0.717) is 0 Å². The number of nitrogens with zero attached hydrogens (tertiary/aromatic N) is 3. The number of alkyl halides is 6. The molecule has 0 aromatic carbocycles. The number of aromatic nitrogens is 3. The molecule has 0 spiro atoms. The average Bonchev–Trinajstić information content (AvgIpc) is 2.05. The first-order valence-electron chi connectivity index (χ1n) is 2.93. The number of halogens is 6. The van der Waals surface area contributed by atoms with Crippen molar-refractivity contribution in [1.29, 1.82) is 0 Å². The van der Waals surface area contributed by atoms with Crippen molar-refractivity contribution < 1.29 is 26.3 Å². The van der Waals surface area contributed by atoms with Crippen LogP contribution in [0.2, 0.25) is 0 Å². The van der Waals surface area contributed by atoms with E-state index in [1.165, 1.54) is 19.0 Å². The molecule has 0 saturated carbocycles. The Hall–Kier alpha value is -1.41. The second-order valence-electron chi connectivity index (χ2n) is 1.79. The van der Waals surface area contributed by atoms with Crippen LogP contribution in [0, 0.1) is 0 Å². The van der Waals surface area contributed by atoms with Crippen LogP contribution < -0.4 is 0 Å². The molecule has 9 heteroatoms. The van der Waals surface area contributed by atoms with Crippen LogP contribution in [0.5, 0.6) is 0 Å². The van der Waals surface area contributed by atoms with E-state index in [1.807, 2.05) is 0 Å². The molecule has 0 N–H and O–H groups in total. The van der Waals surface area contributed by atoms with Gasteiger partial charge in [0.2, 0.25) is 0 Å². The number of hydrogen-bond donors (Lipinski definition) is 0. The highest BCUT2D eigenvalue weighted by Gasteiger charge is 2.58. The summed E-state index contributed by atoms with van der Waals surface area (Å²) in [6.07, 6.45) is -7.81. The number of rotatable bonds is 0. The van der Waals surface area contributed by atoms with Gasteiger partial charge in [-0.05, 0) is 0 Å². The quantitative estimate of drug-likeness (QED) is 0.626. The van der Waals surface area contributed by atoms with Crippen molar-refractivity contribution in [3.8, 4) is 0 Å². The van der Waals surface area contributed by atoms with Crippen molar-refractivity contribution in [2.24, 2.45) is 0 Å². The highest BCUT2D eigenvalue weighted by atomic mass is 19.5. The molecule has 0 atom stereocenters. The van der Waals surface area contributed by atoms with Gasteiger partial charge in [0, 0.05) is 0 Å². The van der Waals surface area contributed by atoms with Gasteiger partial charge in [0.05, 0.1) is 0 Å². The Bertz CT molecular complexity index is 203. The molecule has 0 saturated heterocycles. The second kappa shape index (κ2) is 4.72. The lowest BCUT2D eigenvalue weighted by atomic mass is 10.7. The van der Waals surface area contributed by atoms with Crippen LogP contribution in [0.1, 0.15) is 0 Å². The zero-order valence-corrected chi connectivity index (χ0v) is 6.34. The standard InChI is InChI=1S/C3H3N3.C2F6/c1-4-2-6-3-5-1;3-1(4,5)2(6,7)8/h1-3H;. The highest BCUT2D eigenvalue weighted by Crippen LogP contribution is 2.35. The largest absolute Gasteiger partial charge is 0.487 e. The molecular formula is C5H3F6N3. The van der Waals surface area contributed by atoms with Crippen LogP contribution in [0.4, 0.5) is 26.3 Å². The van der Waals surface area contributed by atoms with Gasteiger partial charge in [0.25, 0.3) is 0 Å². The van der Waals surface area contributed by atoms with E-state index in [1.54, 1.807) is 0 Å². The first-order valence-corrected chi connectivity index (χ1v) is 2.93. The van der Waals surface area contributed by atoms with E-state index < -0.39 is 12.4 Å². The maximum Gasteiger partial charge on any atom is 0.487 e. The maximum atomic E-state index is 10.4. The molecule has 14 heavy (non-hydrogen) atoms. The Morgan fingerprint density at radius 1 is 0.571 bits per heavy atom. The van der Waals surface area contributed by atoms with Crippen LogP contribution >= 0.6 is 0 Å². The topological polar surface area (TPSA) is 38.7 Å². The molecule has 0 aliphatic carbocycles. The first kappa shape index (κ1) is 12.6. The SMILES string of the molecule is FC(F)(F)C(F)(F)F.c1ncncn1. The molecule has 0 unspecified atom stereocenters. The highest BCUT2D eigenvalue weighted by molar-refractivity contribution is 4.59. The van der Waals surface area contributed by atoms with Crippen LogP contribution in [-0.4, -0.2) is 27.3 Å². The van der Waals surface area contributed by atoms with Gasteiger partial charge in [-0.25, -0.2) is 15.0 Å². The minimum absolute atomic E-state index is 1.44. The molecule has 3 nitrogen and oxygen atoms in total. The van der Waals surface area contributed by atoms with Crippen LogP contribution in [0.25, 0.3) is 0 Å². The minimum Gasteiger partial charge on any atom is -0.225 e. The van der Waals surface area contributed by atoms with Gasteiger partial charge in [-0.15, -0.1) is 0 Å². The van der Waals surface area contributed by atoms with Gasteiger partial charge in [-0.2, -0.15) is 26.3 Å². The normalized spacial score (nSPS) is 11.6. The molecule has 1 aromatic heterocycles. The predicted molar refractivity (Wildman–Crippen MR) is 31.9 cm³/mol. The van der Waals surface area contributed by atoms with Gasteiger partial charge >= 0.3 is 12.4 Å².